The number of nitro groups is 1. The molecule has 4 rings (SSSR count). The van der Waals surface area contributed by atoms with Crippen LogP contribution in [0.15, 0.2) is 42.5 Å². The molecule has 158 valence electrons. The summed E-state index contributed by atoms with van der Waals surface area (Å²) >= 11 is 0. The third kappa shape index (κ3) is 4.25. The highest BCUT2D eigenvalue weighted by molar-refractivity contribution is 5.92. The van der Waals surface area contributed by atoms with Crippen molar-refractivity contribution in [3.63, 3.8) is 0 Å². The predicted octanol–water partition coefficient (Wildman–Crippen LogP) is 2.68. The number of rotatable bonds is 5. The van der Waals surface area contributed by atoms with Crippen molar-refractivity contribution in [1.29, 1.82) is 0 Å². The molecule has 1 saturated heterocycles. The lowest BCUT2D eigenvalue weighted by Gasteiger charge is -2.35. The minimum atomic E-state index is -3.71. The number of carbonyl (C=O) groups is 1. The van der Waals surface area contributed by atoms with Gasteiger partial charge in [0.1, 0.15) is 5.69 Å². The predicted molar refractivity (Wildman–Crippen MR) is 103 cm³/mol. The van der Waals surface area contributed by atoms with Crippen LogP contribution in [0.4, 0.5) is 25.8 Å². The van der Waals surface area contributed by atoms with Crippen LogP contribution < -0.4 is 19.7 Å². The molecule has 0 unspecified atom stereocenters. The van der Waals surface area contributed by atoms with E-state index in [0.29, 0.717) is 37.6 Å². The van der Waals surface area contributed by atoms with E-state index in [1.165, 1.54) is 24.3 Å². The topological polar surface area (TPSA) is 97.2 Å². The lowest BCUT2D eigenvalue weighted by Crippen LogP contribution is -2.48. The SMILES string of the molecule is O=C(CN1CCN(c2ccccc2[N+](=O)[O-])CC1)Nc1ccc2c(c1)OC(F)(F)O2. The summed E-state index contributed by atoms with van der Waals surface area (Å²) in [7, 11) is 0. The van der Waals surface area contributed by atoms with Crippen molar-refractivity contribution < 1.29 is 28.0 Å². The molecule has 1 amide bonds. The summed E-state index contributed by atoms with van der Waals surface area (Å²) in [5.74, 6) is -0.542. The number of hydrogen-bond donors (Lipinski definition) is 1. The van der Waals surface area contributed by atoms with E-state index in [1.807, 2.05) is 9.80 Å². The first kappa shape index (κ1) is 19.8. The lowest BCUT2D eigenvalue weighted by molar-refractivity contribution is -0.384. The zero-order chi connectivity index (χ0) is 21.3. The van der Waals surface area contributed by atoms with Gasteiger partial charge >= 0.3 is 6.29 Å². The first-order valence-corrected chi connectivity index (χ1v) is 9.21. The molecule has 9 nitrogen and oxygen atoms in total. The van der Waals surface area contributed by atoms with Gasteiger partial charge in [0.2, 0.25) is 5.91 Å². The Morgan fingerprint density at radius 2 is 1.80 bits per heavy atom. The first-order chi connectivity index (χ1) is 14.3. The number of ether oxygens (including phenoxy) is 2. The molecule has 0 aromatic heterocycles. The summed E-state index contributed by atoms with van der Waals surface area (Å²) in [6.45, 7) is 2.28. The van der Waals surface area contributed by atoms with Crippen molar-refractivity contribution in [3.8, 4) is 11.5 Å². The molecule has 2 aliphatic rings. The molecular formula is C19H18F2N4O5. The number of nitro benzene ring substituents is 1. The van der Waals surface area contributed by atoms with E-state index < -0.39 is 11.2 Å². The van der Waals surface area contributed by atoms with Gasteiger partial charge in [-0.1, -0.05) is 12.1 Å². The second kappa shape index (κ2) is 7.75. The number of alkyl halides is 2. The molecule has 0 spiro atoms. The van der Waals surface area contributed by atoms with Crippen molar-refractivity contribution in [2.24, 2.45) is 0 Å². The minimum absolute atomic E-state index is 0.0529. The third-order valence-electron chi connectivity index (χ3n) is 4.84. The number of fused-ring (bicyclic) bond motifs is 1. The van der Waals surface area contributed by atoms with Crippen LogP contribution in [0.2, 0.25) is 0 Å². The van der Waals surface area contributed by atoms with Crippen LogP contribution in [0.1, 0.15) is 0 Å². The summed E-state index contributed by atoms with van der Waals surface area (Å²) in [4.78, 5) is 27.0. The van der Waals surface area contributed by atoms with Gasteiger partial charge in [-0.3, -0.25) is 19.8 Å². The van der Waals surface area contributed by atoms with Crippen LogP contribution in [-0.2, 0) is 4.79 Å². The molecule has 0 radical (unpaired) electrons. The Balaban J connectivity index is 1.31. The zero-order valence-electron chi connectivity index (χ0n) is 15.7. The van der Waals surface area contributed by atoms with Gasteiger partial charge in [0.05, 0.1) is 11.5 Å². The van der Waals surface area contributed by atoms with Crippen LogP contribution in [0.3, 0.4) is 0 Å². The Hall–Kier alpha value is -3.47. The van der Waals surface area contributed by atoms with Crippen LogP contribution in [0.25, 0.3) is 0 Å². The minimum Gasteiger partial charge on any atom is -0.395 e. The van der Waals surface area contributed by atoms with E-state index in [9.17, 15) is 23.7 Å². The van der Waals surface area contributed by atoms with E-state index >= 15 is 0 Å². The first-order valence-electron chi connectivity index (χ1n) is 9.21. The van der Waals surface area contributed by atoms with E-state index in [1.54, 1.807) is 18.2 Å². The monoisotopic (exact) mass is 420 g/mol. The molecule has 2 aliphatic heterocycles. The molecule has 2 heterocycles. The summed E-state index contributed by atoms with van der Waals surface area (Å²) in [5.41, 5.74) is 0.930. The van der Waals surface area contributed by atoms with Gasteiger partial charge in [-0.05, 0) is 18.2 Å². The Morgan fingerprint density at radius 1 is 1.10 bits per heavy atom. The third-order valence-corrected chi connectivity index (χ3v) is 4.84. The van der Waals surface area contributed by atoms with Crippen molar-refractivity contribution in [2.75, 3.05) is 42.9 Å². The molecule has 2 aromatic carbocycles. The molecule has 1 fully saturated rings. The highest BCUT2D eigenvalue weighted by atomic mass is 19.3. The second-order valence-electron chi connectivity index (χ2n) is 6.89. The van der Waals surface area contributed by atoms with Gasteiger partial charge in [-0.25, -0.2) is 0 Å². The maximum Gasteiger partial charge on any atom is 0.586 e. The number of hydrogen-bond acceptors (Lipinski definition) is 7. The lowest BCUT2D eigenvalue weighted by atomic mass is 10.2. The van der Waals surface area contributed by atoms with Crippen LogP contribution in [0, 0.1) is 10.1 Å². The van der Waals surface area contributed by atoms with Gasteiger partial charge in [0, 0.05) is 44.0 Å². The van der Waals surface area contributed by atoms with E-state index in [2.05, 4.69) is 14.8 Å². The maximum absolute atomic E-state index is 13.1. The molecule has 0 saturated carbocycles. The van der Waals surface area contributed by atoms with Crippen molar-refractivity contribution >= 4 is 23.0 Å². The fourth-order valence-electron chi connectivity index (χ4n) is 3.46. The quantitative estimate of drug-likeness (QED) is 0.587. The standard InChI is InChI=1S/C19H18F2N4O5/c20-19(21)29-16-6-5-13(11-17(16)30-19)22-18(26)12-23-7-9-24(10-8-23)14-3-1-2-4-15(14)25(27)28/h1-6,11H,7-10,12H2,(H,22,26). The average molecular weight is 420 g/mol. The van der Waals surface area contributed by atoms with E-state index in [4.69, 9.17) is 0 Å². The number of amides is 1. The largest absolute Gasteiger partial charge is 0.586 e. The van der Waals surface area contributed by atoms with E-state index in [0.717, 1.165) is 0 Å². The molecule has 11 heteroatoms. The number of benzene rings is 2. The van der Waals surface area contributed by atoms with Crippen LogP contribution >= 0.6 is 0 Å². The Labute approximate surface area is 169 Å². The summed E-state index contributed by atoms with van der Waals surface area (Å²) in [5, 5.41) is 13.9. The van der Waals surface area contributed by atoms with Gasteiger partial charge in [-0.2, -0.15) is 0 Å². The van der Waals surface area contributed by atoms with Crippen LogP contribution in [0.5, 0.6) is 11.5 Å². The summed E-state index contributed by atoms with van der Waals surface area (Å²) < 4.78 is 34.9. The van der Waals surface area contributed by atoms with Crippen LogP contribution in [-0.4, -0.2) is 54.7 Å². The Morgan fingerprint density at radius 3 is 2.53 bits per heavy atom. The smallest absolute Gasteiger partial charge is 0.395 e. The van der Waals surface area contributed by atoms with Gasteiger partial charge in [0.15, 0.2) is 11.5 Å². The number of nitrogens with one attached hydrogen (secondary N) is 1. The molecule has 2 aromatic rings. The second-order valence-corrected chi connectivity index (χ2v) is 6.89. The highest BCUT2D eigenvalue weighted by Gasteiger charge is 2.43. The fourth-order valence-corrected chi connectivity index (χ4v) is 3.46. The van der Waals surface area contributed by atoms with Gasteiger partial charge < -0.3 is 19.7 Å². The van der Waals surface area contributed by atoms with Crippen molar-refractivity contribution in [3.05, 3.63) is 52.6 Å². The fraction of sp³-hybridized carbons (Fsp3) is 0.316. The number of nitrogens with zero attached hydrogens (tertiary/aromatic N) is 3. The maximum atomic E-state index is 13.1. The van der Waals surface area contributed by atoms with Gasteiger partial charge in [-0.15, -0.1) is 8.78 Å². The molecule has 0 atom stereocenters. The van der Waals surface area contributed by atoms with Crippen molar-refractivity contribution in [1.82, 2.24) is 4.90 Å². The molecule has 1 N–H and O–H groups in total. The number of carbonyl (C=O) groups excluding carboxylic acids is 1. The Bertz CT molecular complexity index is 979. The van der Waals surface area contributed by atoms with Gasteiger partial charge in [0.25, 0.3) is 5.69 Å². The number of halogens is 2. The van der Waals surface area contributed by atoms with E-state index in [-0.39, 0.29) is 29.6 Å². The normalized spacial score (nSPS) is 17.6. The van der Waals surface area contributed by atoms with Crippen molar-refractivity contribution in [2.45, 2.75) is 6.29 Å². The zero-order valence-corrected chi connectivity index (χ0v) is 15.7. The number of anilines is 2. The average Bonchev–Trinajstić information content (AvgIpc) is 3.01. The summed E-state index contributed by atoms with van der Waals surface area (Å²) in [6, 6.07) is 10.6. The molecule has 0 aliphatic carbocycles. The number of piperazine rings is 1. The molecule has 0 bridgehead atoms. The molecular weight excluding hydrogens is 402 g/mol. The molecule has 30 heavy (non-hydrogen) atoms. The number of para-hydroxylation sites is 2. The summed E-state index contributed by atoms with van der Waals surface area (Å²) in [6.07, 6.45) is -3.71. The Kier molecular flexibility index (Phi) is 5.12. The highest BCUT2D eigenvalue weighted by Crippen LogP contribution is 2.42.